The lowest BCUT2D eigenvalue weighted by molar-refractivity contribution is 0.228. The van der Waals surface area contributed by atoms with Crippen LogP contribution in [0.15, 0.2) is 17.1 Å². The van der Waals surface area contributed by atoms with Gasteiger partial charge < -0.3 is 4.90 Å². The van der Waals surface area contributed by atoms with Crippen LogP contribution in [-0.2, 0) is 6.54 Å². The summed E-state index contributed by atoms with van der Waals surface area (Å²) in [7, 11) is 3.80. The molecule has 1 rings (SSSR count). The zero-order valence-corrected chi connectivity index (χ0v) is 13.4. The highest BCUT2D eigenvalue weighted by atomic mass is 79.9. The molecule has 1 heterocycles. The number of alkyl halides is 1. The Morgan fingerprint density at radius 2 is 2.06 bits per heavy atom. The quantitative estimate of drug-likeness (QED) is 0.801. The summed E-state index contributed by atoms with van der Waals surface area (Å²) in [6.45, 7) is 7.18. The van der Waals surface area contributed by atoms with Gasteiger partial charge in [0.15, 0.2) is 0 Å². The maximum Gasteiger partial charge on any atom is 0.268 e. The topological polar surface area (TPSA) is 38.1 Å². The summed E-state index contributed by atoms with van der Waals surface area (Å²) in [5, 5.41) is 5.10. The van der Waals surface area contributed by atoms with Gasteiger partial charge in [-0.1, -0.05) is 36.7 Å². The number of halogens is 1. The molecule has 0 amide bonds. The van der Waals surface area contributed by atoms with Crippen molar-refractivity contribution in [3.8, 4) is 0 Å². The van der Waals surface area contributed by atoms with Crippen LogP contribution in [0, 0.1) is 11.3 Å². The molecule has 0 aromatic carbocycles. The van der Waals surface area contributed by atoms with E-state index in [-0.39, 0.29) is 11.0 Å². The van der Waals surface area contributed by atoms with Gasteiger partial charge in [-0.15, -0.1) is 0 Å². The molecule has 0 aliphatic rings. The van der Waals surface area contributed by atoms with E-state index in [0.29, 0.717) is 12.5 Å². The summed E-state index contributed by atoms with van der Waals surface area (Å²) < 4.78 is 1.55. The van der Waals surface area contributed by atoms with E-state index in [9.17, 15) is 4.79 Å². The van der Waals surface area contributed by atoms with Gasteiger partial charge in [-0.05, 0) is 11.3 Å². The first kappa shape index (κ1) is 15.2. The van der Waals surface area contributed by atoms with Crippen molar-refractivity contribution in [2.45, 2.75) is 27.3 Å². The Kier molecular flexibility index (Phi) is 4.96. The van der Waals surface area contributed by atoms with Gasteiger partial charge >= 0.3 is 0 Å². The lowest BCUT2D eigenvalue weighted by Gasteiger charge is -2.29. The fourth-order valence-electron chi connectivity index (χ4n) is 1.57. The lowest BCUT2D eigenvalue weighted by Crippen LogP contribution is -2.33. The van der Waals surface area contributed by atoms with Crippen molar-refractivity contribution >= 4 is 21.6 Å². The molecule has 0 N–H and O–H groups in total. The van der Waals surface area contributed by atoms with Gasteiger partial charge in [0.25, 0.3) is 5.56 Å². The second-order valence-electron chi connectivity index (χ2n) is 5.85. The second-order valence-corrected chi connectivity index (χ2v) is 6.49. The van der Waals surface area contributed by atoms with Crippen molar-refractivity contribution in [2.75, 3.05) is 24.3 Å². The molecule has 0 aliphatic heterocycles. The first-order chi connectivity index (χ1) is 8.25. The van der Waals surface area contributed by atoms with E-state index >= 15 is 0 Å². The molecule has 0 spiro atoms. The highest BCUT2D eigenvalue weighted by Crippen LogP contribution is 2.28. The van der Waals surface area contributed by atoms with Crippen molar-refractivity contribution < 1.29 is 0 Å². The first-order valence-corrected chi connectivity index (χ1v) is 7.18. The van der Waals surface area contributed by atoms with E-state index in [4.69, 9.17) is 0 Å². The maximum atomic E-state index is 12.0. The van der Waals surface area contributed by atoms with Crippen molar-refractivity contribution in [2.24, 2.45) is 11.3 Å². The molecular formula is C13H22BrN3O. The molecule has 5 heteroatoms. The number of aromatic nitrogens is 2. The Balaban J connectivity index is 2.95. The fraction of sp³-hybridized carbons (Fsp3) is 0.692. The molecule has 0 saturated heterocycles. The molecule has 1 unspecified atom stereocenters. The van der Waals surface area contributed by atoms with Gasteiger partial charge in [0, 0.05) is 32.0 Å². The number of anilines is 1. The Hall–Kier alpha value is -0.840. The number of nitrogens with zero attached hydrogens (tertiary/aromatic N) is 3. The van der Waals surface area contributed by atoms with Crippen molar-refractivity contribution in [3.05, 3.63) is 22.6 Å². The van der Waals surface area contributed by atoms with Gasteiger partial charge in [0.1, 0.15) is 0 Å². The predicted octanol–water partition coefficient (Wildman–Crippen LogP) is 2.37. The van der Waals surface area contributed by atoms with Crippen LogP contribution in [0.4, 0.5) is 5.69 Å². The van der Waals surface area contributed by atoms with E-state index in [2.05, 4.69) is 41.8 Å². The molecular weight excluding hydrogens is 294 g/mol. The molecule has 0 saturated carbocycles. The average molecular weight is 316 g/mol. The Labute approximate surface area is 117 Å². The summed E-state index contributed by atoms with van der Waals surface area (Å²) in [4.78, 5) is 13.9. The van der Waals surface area contributed by atoms with Crippen LogP contribution in [0.2, 0.25) is 0 Å². The molecule has 1 aromatic rings. The standard InChI is InChI=1S/C13H22BrN3O/c1-13(2,3)10(7-14)9-17-12(18)6-11(8-15-17)16(4)5/h6,8,10H,7,9H2,1-5H3. The third kappa shape index (κ3) is 3.83. The van der Waals surface area contributed by atoms with Crippen LogP contribution in [0.1, 0.15) is 20.8 Å². The molecule has 0 radical (unpaired) electrons. The number of hydrogen-bond donors (Lipinski definition) is 0. The van der Waals surface area contributed by atoms with E-state index in [1.165, 1.54) is 0 Å². The van der Waals surface area contributed by atoms with Crippen LogP contribution in [-0.4, -0.2) is 29.2 Å². The van der Waals surface area contributed by atoms with Crippen molar-refractivity contribution in [3.63, 3.8) is 0 Å². The first-order valence-electron chi connectivity index (χ1n) is 6.06. The predicted molar refractivity (Wildman–Crippen MR) is 79.6 cm³/mol. The lowest BCUT2D eigenvalue weighted by atomic mass is 9.82. The number of rotatable bonds is 4. The monoisotopic (exact) mass is 315 g/mol. The van der Waals surface area contributed by atoms with Crippen LogP contribution in [0.25, 0.3) is 0 Å². The number of hydrogen-bond acceptors (Lipinski definition) is 3. The third-order valence-corrected chi connectivity index (χ3v) is 3.96. The SMILES string of the molecule is CN(C)c1cnn(CC(CBr)C(C)(C)C)c(=O)c1. The Bertz CT molecular complexity index is 448. The summed E-state index contributed by atoms with van der Waals surface area (Å²) in [6, 6.07) is 1.63. The molecule has 1 atom stereocenters. The molecule has 0 aliphatic carbocycles. The molecule has 0 fully saturated rings. The minimum Gasteiger partial charge on any atom is -0.376 e. The summed E-state index contributed by atoms with van der Waals surface area (Å²) in [5.41, 5.74) is 0.934. The van der Waals surface area contributed by atoms with Crippen molar-refractivity contribution in [1.82, 2.24) is 9.78 Å². The molecule has 102 valence electrons. The minimum atomic E-state index is -0.0450. The minimum absolute atomic E-state index is 0.0450. The van der Waals surface area contributed by atoms with E-state index in [0.717, 1.165) is 11.0 Å². The summed E-state index contributed by atoms with van der Waals surface area (Å²) >= 11 is 3.52. The third-order valence-electron chi connectivity index (χ3n) is 3.18. The molecule has 18 heavy (non-hydrogen) atoms. The van der Waals surface area contributed by atoms with Crippen LogP contribution >= 0.6 is 15.9 Å². The summed E-state index contributed by atoms with van der Waals surface area (Å²) in [6.07, 6.45) is 1.73. The largest absolute Gasteiger partial charge is 0.376 e. The highest BCUT2D eigenvalue weighted by molar-refractivity contribution is 9.09. The average Bonchev–Trinajstić information content (AvgIpc) is 2.25. The maximum absolute atomic E-state index is 12.0. The van der Waals surface area contributed by atoms with E-state index in [1.54, 1.807) is 16.9 Å². The van der Waals surface area contributed by atoms with E-state index in [1.807, 2.05) is 19.0 Å². The van der Waals surface area contributed by atoms with Crippen LogP contribution in [0.5, 0.6) is 0 Å². The Morgan fingerprint density at radius 3 is 2.44 bits per heavy atom. The summed E-state index contributed by atoms with van der Waals surface area (Å²) in [5.74, 6) is 0.368. The van der Waals surface area contributed by atoms with Gasteiger partial charge in [-0.2, -0.15) is 5.10 Å². The second kappa shape index (κ2) is 5.87. The van der Waals surface area contributed by atoms with Gasteiger partial charge in [0.05, 0.1) is 11.9 Å². The van der Waals surface area contributed by atoms with E-state index < -0.39 is 0 Å². The zero-order chi connectivity index (χ0) is 13.9. The molecule has 4 nitrogen and oxygen atoms in total. The van der Waals surface area contributed by atoms with Crippen LogP contribution in [0.3, 0.4) is 0 Å². The normalized spacial score (nSPS) is 13.4. The fourth-order valence-corrected chi connectivity index (χ4v) is 2.74. The van der Waals surface area contributed by atoms with Gasteiger partial charge in [0.2, 0.25) is 0 Å². The van der Waals surface area contributed by atoms with Crippen molar-refractivity contribution in [1.29, 1.82) is 0 Å². The Morgan fingerprint density at radius 1 is 1.44 bits per heavy atom. The molecule has 0 bridgehead atoms. The smallest absolute Gasteiger partial charge is 0.268 e. The van der Waals surface area contributed by atoms with Gasteiger partial charge in [-0.25, -0.2) is 4.68 Å². The highest BCUT2D eigenvalue weighted by Gasteiger charge is 2.24. The molecule has 1 aromatic heterocycles. The van der Waals surface area contributed by atoms with Gasteiger partial charge in [-0.3, -0.25) is 4.79 Å². The zero-order valence-electron chi connectivity index (χ0n) is 11.8. The van der Waals surface area contributed by atoms with Crippen LogP contribution < -0.4 is 10.5 Å².